The normalized spacial score (nSPS) is 37.0. The molecule has 0 aromatic heterocycles. The molecule has 1 saturated carbocycles. The van der Waals surface area contributed by atoms with Crippen LogP contribution in [0.5, 0.6) is 0 Å². The van der Waals surface area contributed by atoms with Gasteiger partial charge in [0.15, 0.2) is 0 Å². The topological polar surface area (TPSA) is 58.2 Å². The van der Waals surface area contributed by atoms with E-state index in [0.29, 0.717) is 5.92 Å². The van der Waals surface area contributed by atoms with Crippen molar-refractivity contribution < 1.29 is 9.59 Å². The van der Waals surface area contributed by atoms with Crippen molar-refractivity contribution in [3.05, 3.63) is 0 Å². The lowest BCUT2D eigenvalue weighted by atomic mass is 9.91. The van der Waals surface area contributed by atoms with Crippen molar-refractivity contribution >= 4 is 11.9 Å². The molecule has 0 radical (unpaired) electrons. The molecule has 2 fully saturated rings. The Labute approximate surface area is 89.8 Å². The maximum absolute atomic E-state index is 11.5. The second kappa shape index (κ2) is 4.21. The standard InChI is InChI=1S/C11H18N2O2/c1-7-3-2-4-8(6-5-7)9-10(14)13-11(15)12-9/h7-9H,2-6H2,1H3,(H2,12,13,14,15). The van der Waals surface area contributed by atoms with Gasteiger partial charge in [0.2, 0.25) is 0 Å². The molecule has 0 spiro atoms. The SMILES string of the molecule is CC1CCCC(C2NC(=O)NC2=O)CC1. The van der Waals surface area contributed by atoms with E-state index in [2.05, 4.69) is 17.6 Å². The van der Waals surface area contributed by atoms with E-state index < -0.39 is 0 Å². The maximum atomic E-state index is 11.5. The molecular formula is C11H18N2O2. The van der Waals surface area contributed by atoms with Crippen LogP contribution < -0.4 is 10.6 Å². The Morgan fingerprint density at radius 1 is 1.13 bits per heavy atom. The summed E-state index contributed by atoms with van der Waals surface area (Å²) in [6, 6.07) is -0.606. The minimum absolute atomic E-state index is 0.139. The highest BCUT2D eigenvalue weighted by atomic mass is 16.2. The molecule has 2 aliphatic rings. The Balaban J connectivity index is 1.98. The summed E-state index contributed by atoms with van der Waals surface area (Å²) in [7, 11) is 0. The lowest BCUT2D eigenvalue weighted by molar-refractivity contribution is -0.121. The van der Waals surface area contributed by atoms with Crippen LogP contribution in [-0.2, 0) is 4.79 Å². The molecule has 3 unspecified atom stereocenters. The summed E-state index contributed by atoms with van der Waals surface area (Å²) in [5, 5.41) is 5.02. The molecule has 0 aromatic carbocycles. The predicted molar refractivity (Wildman–Crippen MR) is 56.2 cm³/mol. The van der Waals surface area contributed by atoms with Crippen LogP contribution in [0, 0.1) is 11.8 Å². The molecule has 3 amide bonds. The van der Waals surface area contributed by atoms with Crippen molar-refractivity contribution in [2.75, 3.05) is 0 Å². The van der Waals surface area contributed by atoms with Gasteiger partial charge in [-0.25, -0.2) is 4.79 Å². The molecule has 4 heteroatoms. The summed E-state index contributed by atoms with van der Waals surface area (Å²) in [6.07, 6.45) is 5.71. The van der Waals surface area contributed by atoms with Crippen LogP contribution in [0.3, 0.4) is 0 Å². The highest BCUT2D eigenvalue weighted by molar-refractivity contribution is 6.04. The molecule has 4 nitrogen and oxygen atoms in total. The summed E-state index contributed by atoms with van der Waals surface area (Å²) < 4.78 is 0. The van der Waals surface area contributed by atoms with Crippen LogP contribution in [-0.4, -0.2) is 18.0 Å². The van der Waals surface area contributed by atoms with E-state index in [0.717, 1.165) is 18.8 Å². The van der Waals surface area contributed by atoms with Crippen molar-refractivity contribution in [1.82, 2.24) is 10.6 Å². The third kappa shape index (κ3) is 2.30. The van der Waals surface area contributed by atoms with Gasteiger partial charge in [-0.1, -0.05) is 26.2 Å². The molecule has 2 N–H and O–H groups in total. The van der Waals surface area contributed by atoms with Gasteiger partial charge >= 0.3 is 6.03 Å². The predicted octanol–water partition coefficient (Wildman–Crippen LogP) is 1.41. The van der Waals surface area contributed by atoms with Crippen LogP contribution in [0.4, 0.5) is 4.79 Å². The minimum atomic E-state index is -0.331. The lowest BCUT2D eigenvalue weighted by Gasteiger charge is -2.18. The zero-order valence-corrected chi connectivity index (χ0v) is 9.08. The Kier molecular flexibility index (Phi) is 2.93. The smallest absolute Gasteiger partial charge is 0.322 e. The molecular weight excluding hydrogens is 192 g/mol. The molecule has 2 rings (SSSR count). The van der Waals surface area contributed by atoms with E-state index in [1.807, 2.05) is 0 Å². The highest BCUT2D eigenvalue weighted by Gasteiger charge is 2.36. The van der Waals surface area contributed by atoms with E-state index >= 15 is 0 Å². The van der Waals surface area contributed by atoms with Gasteiger partial charge in [-0.15, -0.1) is 0 Å². The Morgan fingerprint density at radius 3 is 2.60 bits per heavy atom. The second-order valence-corrected chi connectivity index (χ2v) is 4.81. The van der Waals surface area contributed by atoms with Gasteiger partial charge in [-0.2, -0.15) is 0 Å². The first-order chi connectivity index (χ1) is 7.16. The number of imide groups is 1. The van der Waals surface area contributed by atoms with Crippen molar-refractivity contribution in [3.63, 3.8) is 0 Å². The number of carbonyl (C=O) groups is 2. The molecule has 1 aliphatic carbocycles. The molecule has 1 heterocycles. The van der Waals surface area contributed by atoms with Crippen molar-refractivity contribution in [2.24, 2.45) is 11.8 Å². The van der Waals surface area contributed by atoms with Gasteiger partial charge in [0.25, 0.3) is 5.91 Å². The second-order valence-electron chi connectivity index (χ2n) is 4.81. The molecule has 15 heavy (non-hydrogen) atoms. The zero-order valence-electron chi connectivity index (χ0n) is 9.08. The van der Waals surface area contributed by atoms with Crippen LogP contribution in [0.1, 0.15) is 39.0 Å². The number of amides is 3. The fourth-order valence-corrected chi connectivity index (χ4v) is 2.61. The summed E-state index contributed by atoms with van der Waals surface area (Å²) in [5.41, 5.74) is 0. The van der Waals surface area contributed by atoms with Gasteiger partial charge in [-0.05, 0) is 24.7 Å². The van der Waals surface area contributed by atoms with E-state index in [-0.39, 0.29) is 18.0 Å². The van der Waals surface area contributed by atoms with Crippen molar-refractivity contribution in [3.8, 4) is 0 Å². The first kappa shape index (κ1) is 10.5. The maximum Gasteiger partial charge on any atom is 0.322 e. The monoisotopic (exact) mass is 210 g/mol. The van der Waals surface area contributed by atoms with Crippen molar-refractivity contribution in [1.29, 1.82) is 0 Å². The number of nitrogens with one attached hydrogen (secondary N) is 2. The van der Waals surface area contributed by atoms with Crippen molar-refractivity contribution in [2.45, 2.75) is 45.1 Å². The van der Waals surface area contributed by atoms with Gasteiger partial charge < -0.3 is 5.32 Å². The van der Waals surface area contributed by atoms with E-state index in [1.54, 1.807) is 0 Å². The summed E-state index contributed by atoms with van der Waals surface area (Å²) >= 11 is 0. The van der Waals surface area contributed by atoms with E-state index in [1.165, 1.54) is 19.3 Å². The molecule has 3 atom stereocenters. The number of hydrogen-bond donors (Lipinski definition) is 2. The van der Waals surface area contributed by atoms with Crippen LogP contribution in [0.15, 0.2) is 0 Å². The summed E-state index contributed by atoms with van der Waals surface area (Å²) in [4.78, 5) is 22.5. The zero-order chi connectivity index (χ0) is 10.8. The quantitative estimate of drug-likeness (QED) is 0.508. The molecule has 0 bridgehead atoms. The summed E-state index contributed by atoms with van der Waals surface area (Å²) in [6.45, 7) is 2.26. The first-order valence-electron chi connectivity index (χ1n) is 5.78. The molecule has 1 aliphatic heterocycles. The molecule has 0 aromatic rings. The lowest BCUT2D eigenvalue weighted by Crippen LogP contribution is -2.36. The average molecular weight is 210 g/mol. The Bertz CT molecular complexity index is 278. The summed E-state index contributed by atoms with van der Waals surface area (Å²) in [5.74, 6) is 0.955. The van der Waals surface area contributed by atoms with Gasteiger partial charge in [0.05, 0.1) is 0 Å². The third-order valence-corrected chi connectivity index (χ3v) is 3.58. The fraction of sp³-hybridized carbons (Fsp3) is 0.818. The highest BCUT2D eigenvalue weighted by Crippen LogP contribution is 2.29. The first-order valence-corrected chi connectivity index (χ1v) is 5.78. The number of hydrogen-bond acceptors (Lipinski definition) is 2. The van der Waals surface area contributed by atoms with Gasteiger partial charge in [-0.3, -0.25) is 10.1 Å². The largest absolute Gasteiger partial charge is 0.326 e. The van der Waals surface area contributed by atoms with E-state index in [4.69, 9.17) is 0 Å². The number of rotatable bonds is 1. The third-order valence-electron chi connectivity index (χ3n) is 3.58. The van der Waals surface area contributed by atoms with E-state index in [9.17, 15) is 9.59 Å². The Morgan fingerprint density at radius 2 is 1.93 bits per heavy atom. The Hall–Kier alpha value is -1.06. The number of urea groups is 1. The molecule has 1 saturated heterocycles. The van der Waals surface area contributed by atoms with Crippen LogP contribution in [0.25, 0.3) is 0 Å². The minimum Gasteiger partial charge on any atom is -0.326 e. The van der Waals surface area contributed by atoms with Crippen LogP contribution >= 0.6 is 0 Å². The number of carbonyl (C=O) groups excluding carboxylic acids is 2. The fourth-order valence-electron chi connectivity index (χ4n) is 2.61. The average Bonchev–Trinajstić information content (AvgIpc) is 2.39. The van der Waals surface area contributed by atoms with Gasteiger partial charge in [0.1, 0.15) is 6.04 Å². The molecule has 84 valence electrons. The van der Waals surface area contributed by atoms with Gasteiger partial charge in [0, 0.05) is 0 Å². The van der Waals surface area contributed by atoms with Crippen LogP contribution in [0.2, 0.25) is 0 Å².